The lowest BCUT2D eigenvalue weighted by Gasteiger charge is -2.05. The number of nitrogens with zero attached hydrogens (tertiary/aromatic N) is 2. The summed E-state index contributed by atoms with van der Waals surface area (Å²) in [5.41, 5.74) is 0.879. The van der Waals surface area contributed by atoms with E-state index in [0.29, 0.717) is 23.8 Å². The molecular weight excluding hydrogens is 248 g/mol. The van der Waals surface area contributed by atoms with Crippen molar-refractivity contribution in [2.24, 2.45) is 0 Å². The Bertz CT molecular complexity index is 503. The molecule has 0 radical (unpaired) electrons. The van der Waals surface area contributed by atoms with E-state index < -0.39 is 11.9 Å². The van der Waals surface area contributed by atoms with E-state index in [4.69, 9.17) is 9.47 Å². The van der Waals surface area contributed by atoms with E-state index in [1.807, 2.05) is 0 Å². The molecule has 0 N–H and O–H groups in total. The Morgan fingerprint density at radius 3 is 2.42 bits per heavy atom. The van der Waals surface area contributed by atoms with Crippen LogP contribution in [0.1, 0.15) is 35.9 Å². The number of rotatable bonds is 5. The van der Waals surface area contributed by atoms with Gasteiger partial charge in [0.15, 0.2) is 5.69 Å². The molecule has 1 heterocycles. The molecule has 1 rings (SSSR count). The maximum absolute atomic E-state index is 11.8. The van der Waals surface area contributed by atoms with Crippen LogP contribution in [0.5, 0.6) is 0 Å². The molecule has 0 bridgehead atoms. The van der Waals surface area contributed by atoms with Gasteiger partial charge in [-0.25, -0.2) is 14.6 Å². The number of carbonyl (C=O) groups is 2. The predicted octanol–water partition coefficient (Wildman–Crippen LogP) is 1.71. The Balaban J connectivity index is 3.06. The molecule has 0 aromatic carbocycles. The highest BCUT2D eigenvalue weighted by Crippen LogP contribution is 2.13. The van der Waals surface area contributed by atoms with Crippen LogP contribution in [0.2, 0.25) is 0 Å². The second-order valence-electron chi connectivity index (χ2n) is 3.75. The summed E-state index contributed by atoms with van der Waals surface area (Å²) in [7, 11) is 0. The van der Waals surface area contributed by atoms with Crippen LogP contribution in [0.25, 0.3) is 6.20 Å². The first-order valence-electron chi connectivity index (χ1n) is 6.08. The highest BCUT2D eigenvalue weighted by atomic mass is 16.5. The third-order valence-electron chi connectivity index (χ3n) is 2.38. The fourth-order valence-corrected chi connectivity index (χ4v) is 1.64. The fourth-order valence-electron chi connectivity index (χ4n) is 1.64. The molecule has 1 aromatic rings. The van der Waals surface area contributed by atoms with E-state index in [2.05, 4.69) is 4.98 Å². The van der Waals surface area contributed by atoms with Crippen LogP contribution in [-0.4, -0.2) is 34.7 Å². The highest BCUT2D eigenvalue weighted by Gasteiger charge is 2.18. The second-order valence-corrected chi connectivity index (χ2v) is 3.75. The Kier molecular flexibility index (Phi) is 5.29. The molecule has 0 amide bonds. The number of aromatic nitrogens is 2. The Hall–Kier alpha value is -2.11. The molecule has 6 heteroatoms. The van der Waals surface area contributed by atoms with Crippen LogP contribution < -0.4 is 0 Å². The monoisotopic (exact) mass is 266 g/mol. The maximum atomic E-state index is 11.8. The molecule has 0 unspecified atom stereocenters. The van der Waals surface area contributed by atoms with Crippen LogP contribution >= 0.6 is 0 Å². The summed E-state index contributed by atoms with van der Waals surface area (Å²) >= 11 is 0. The van der Waals surface area contributed by atoms with E-state index in [0.717, 1.165) is 0 Å². The van der Waals surface area contributed by atoms with Gasteiger partial charge < -0.3 is 9.47 Å². The zero-order chi connectivity index (χ0) is 14.4. The molecule has 0 spiro atoms. The largest absolute Gasteiger partial charge is 0.463 e. The van der Waals surface area contributed by atoms with Crippen LogP contribution in [0.3, 0.4) is 0 Å². The van der Waals surface area contributed by atoms with Gasteiger partial charge in [-0.05, 0) is 27.7 Å². The molecule has 0 aliphatic rings. The first-order chi connectivity index (χ1) is 9.01. The van der Waals surface area contributed by atoms with Crippen molar-refractivity contribution < 1.29 is 19.1 Å². The summed E-state index contributed by atoms with van der Waals surface area (Å²) in [4.78, 5) is 27.3. The van der Waals surface area contributed by atoms with Crippen molar-refractivity contribution in [3.63, 3.8) is 0 Å². The van der Waals surface area contributed by atoms with Crippen molar-refractivity contribution in [1.82, 2.24) is 9.55 Å². The number of ether oxygens (including phenoxy) is 2. The number of aryl methyl sites for hydroxylation is 2. The van der Waals surface area contributed by atoms with Gasteiger partial charge in [0.25, 0.3) is 0 Å². The van der Waals surface area contributed by atoms with E-state index in [-0.39, 0.29) is 6.61 Å². The summed E-state index contributed by atoms with van der Waals surface area (Å²) in [6.07, 6.45) is 2.71. The Morgan fingerprint density at radius 2 is 1.84 bits per heavy atom. The van der Waals surface area contributed by atoms with Crippen molar-refractivity contribution in [1.29, 1.82) is 0 Å². The molecule has 1 aromatic heterocycles. The van der Waals surface area contributed by atoms with Crippen LogP contribution in [0, 0.1) is 13.8 Å². The van der Waals surface area contributed by atoms with Gasteiger partial charge in [0.1, 0.15) is 5.82 Å². The predicted molar refractivity (Wildman–Crippen MR) is 69.6 cm³/mol. The van der Waals surface area contributed by atoms with Gasteiger partial charge in [-0.2, -0.15) is 0 Å². The number of carbonyl (C=O) groups excluding carboxylic acids is 2. The SMILES string of the molecule is CCOC(=O)/C=C/n1c(C)nc(C)c1C(=O)OCC. The zero-order valence-electron chi connectivity index (χ0n) is 11.6. The molecule has 6 nitrogen and oxygen atoms in total. The Morgan fingerprint density at radius 1 is 1.21 bits per heavy atom. The Labute approximate surface area is 112 Å². The maximum Gasteiger partial charge on any atom is 0.357 e. The molecule has 0 saturated carbocycles. The molecule has 0 saturated heterocycles. The molecule has 0 fully saturated rings. The number of hydrogen-bond donors (Lipinski definition) is 0. The molecule has 0 aliphatic heterocycles. The lowest BCUT2D eigenvalue weighted by atomic mass is 10.3. The first kappa shape index (κ1) is 14.9. The number of hydrogen-bond acceptors (Lipinski definition) is 5. The van der Waals surface area contributed by atoms with Crippen LogP contribution in [0.4, 0.5) is 0 Å². The summed E-state index contributed by atoms with van der Waals surface area (Å²) in [6, 6.07) is 0. The summed E-state index contributed by atoms with van der Waals surface area (Å²) < 4.78 is 11.3. The third-order valence-corrected chi connectivity index (χ3v) is 2.38. The standard InChI is InChI=1S/C13H18N2O4/c1-5-18-11(16)7-8-15-10(4)14-9(3)12(15)13(17)19-6-2/h7-8H,5-6H2,1-4H3/b8-7+. The van der Waals surface area contributed by atoms with E-state index in [1.165, 1.54) is 16.8 Å². The van der Waals surface area contributed by atoms with E-state index in [1.54, 1.807) is 27.7 Å². The second kappa shape index (κ2) is 6.72. The first-order valence-corrected chi connectivity index (χ1v) is 6.08. The average molecular weight is 266 g/mol. The van der Waals surface area contributed by atoms with Crippen molar-refractivity contribution in [2.45, 2.75) is 27.7 Å². The third kappa shape index (κ3) is 3.67. The number of esters is 2. The van der Waals surface area contributed by atoms with Gasteiger partial charge >= 0.3 is 11.9 Å². The minimum atomic E-state index is -0.469. The van der Waals surface area contributed by atoms with Crippen LogP contribution in [-0.2, 0) is 14.3 Å². The summed E-state index contributed by atoms with van der Waals surface area (Å²) in [5, 5.41) is 0. The molecule has 0 atom stereocenters. The van der Waals surface area contributed by atoms with E-state index >= 15 is 0 Å². The van der Waals surface area contributed by atoms with Crippen molar-refractivity contribution in [3.05, 3.63) is 23.3 Å². The summed E-state index contributed by atoms with van der Waals surface area (Å²) in [6.45, 7) is 7.50. The van der Waals surface area contributed by atoms with Gasteiger partial charge in [-0.15, -0.1) is 0 Å². The normalized spacial score (nSPS) is 10.7. The van der Waals surface area contributed by atoms with Gasteiger partial charge in [0, 0.05) is 12.3 Å². The molecule has 104 valence electrons. The van der Waals surface area contributed by atoms with Gasteiger partial charge in [0.2, 0.25) is 0 Å². The average Bonchev–Trinajstić information content (AvgIpc) is 2.62. The fraction of sp³-hybridized carbons (Fsp3) is 0.462. The van der Waals surface area contributed by atoms with Gasteiger partial charge in [0.05, 0.1) is 18.9 Å². The number of imidazole rings is 1. The quantitative estimate of drug-likeness (QED) is 0.599. The van der Waals surface area contributed by atoms with Gasteiger partial charge in [-0.1, -0.05) is 0 Å². The zero-order valence-corrected chi connectivity index (χ0v) is 11.6. The van der Waals surface area contributed by atoms with Crippen LogP contribution in [0.15, 0.2) is 6.08 Å². The molecular formula is C13H18N2O4. The molecule has 19 heavy (non-hydrogen) atoms. The van der Waals surface area contributed by atoms with Crippen molar-refractivity contribution in [2.75, 3.05) is 13.2 Å². The van der Waals surface area contributed by atoms with Gasteiger partial charge in [-0.3, -0.25) is 4.57 Å². The lowest BCUT2D eigenvalue weighted by Crippen LogP contribution is -2.11. The lowest BCUT2D eigenvalue weighted by molar-refractivity contribution is -0.137. The minimum absolute atomic E-state index is 0.282. The molecule has 0 aliphatic carbocycles. The minimum Gasteiger partial charge on any atom is -0.463 e. The topological polar surface area (TPSA) is 70.4 Å². The highest BCUT2D eigenvalue weighted by molar-refractivity contribution is 5.91. The smallest absolute Gasteiger partial charge is 0.357 e. The van der Waals surface area contributed by atoms with Crippen molar-refractivity contribution in [3.8, 4) is 0 Å². The van der Waals surface area contributed by atoms with Crippen molar-refractivity contribution >= 4 is 18.1 Å². The van der Waals surface area contributed by atoms with E-state index in [9.17, 15) is 9.59 Å². The summed E-state index contributed by atoms with van der Waals surface area (Å²) in [5.74, 6) is -0.335.